The van der Waals surface area contributed by atoms with Gasteiger partial charge in [0.15, 0.2) is 17.2 Å². The van der Waals surface area contributed by atoms with Gasteiger partial charge in [-0.25, -0.2) is 4.79 Å². The minimum absolute atomic E-state index is 0.00749. The fourth-order valence-corrected chi connectivity index (χ4v) is 4.90. The Labute approximate surface area is 160 Å². The number of benzene rings is 1. The smallest absolute Gasteiger partial charge is 0.339 e. The van der Waals surface area contributed by atoms with E-state index in [1.165, 1.54) is 13.2 Å². The van der Waals surface area contributed by atoms with Crippen LogP contribution in [0.25, 0.3) is 0 Å². The van der Waals surface area contributed by atoms with Crippen molar-refractivity contribution in [2.24, 2.45) is 0 Å². The van der Waals surface area contributed by atoms with E-state index in [0.29, 0.717) is 17.9 Å². The predicted molar refractivity (Wildman–Crippen MR) is 95.9 cm³/mol. The van der Waals surface area contributed by atoms with Crippen LogP contribution in [0, 0.1) is 0 Å². The lowest BCUT2D eigenvalue weighted by Gasteiger charge is -2.49. The second-order valence-corrected chi connectivity index (χ2v) is 7.78. The van der Waals surface area contributed by atoms with E-state index in [2.05, 4.69) is 0 Å². The predicted octanol–water partition coefficient (Wildman–Crippen LogP) is 1.70. The van der Waals surface area contributed by atoms with Crippen molar-refractivity contribution in [1.29, 1.82) is 0 Å². The number of carbonyl (C=O) groups is 1. The number of hydrogen-bond donors (Lipinski definition) is 1. The van der Waals surface area contributed by atoms with Crippen molar-refractivity contribution >= 4 is 5.78 Å². The Morgan fingerprint density at radius 1 is 1.21 bits per heavy atom. The molecule has 5 rings (SSSR count). The van der Waals surface area contributed by atoms with Gasteiger partial charge in [-0.1, -0.05) is 30.3 Å². The molecule has 2 aromatic rings. The highest BCUT2D eigenvalue weighted by atomic mass is 16.7. The molecule has 28 heavy (non-hydrogen) atoms. The number of aliphatic hydroxyl groups is 1. The molecule has 3 heterocycles. The lowest BCUT2D eigenvalue weighted by molar-refractivity contribution is -0.334. The molecule has 1 aromatic carbocycles. The van der Waals surface area contributed by atoms with E-state index in [1.54, 1.807) is 6.07 Å². The highest BCUT2D eigenvalue weighted by Gasteiger charge is 2.75. The van der Waals surface area contributed by atoms with E-state index in [0.717, 1.165) is 5.56 Å². The van der Waals surface area contributed by atoms with Gasteiger partial charge in [0.25, 0.3) is 0 Å². The third kappa shape index (κ3) is 2.33. The molecule has 2 aliphatic heterocycles. The fourth-order valence-electron chi connectivity index (χ4n) is 4.90. The summed E-state index contributed by atoms with van der Waals surface area (Å²) < 4.78 is 23.0. The summed E-state index contributed by atoms with van der Waals surface area (Å²) in [4.78, 5) is 24.7. The van der Waals surface area contributed by atoms with Gasteiger partial charge < -0.3 is 23.7 Å². The Morgan fingerprint density at radius 2 is 2.00 bits per heavy atom. The zero-order valence-corrected chi connectivity index (χ0v) is 15.3. The lowest BCUT2D eigenvalue weighted by Crippen LogP contribution is -2.64. The first kappa shape index (κ1) is 17.6. The van der Waals surface area contributed by atoms with Crippen LogP contribution < -0.4 is 10.4 Å². The van der Waals surface area contributed by atoms with Gasteiger partial charge in [-0.2, -0.15) is 0 Å². The van der Waals surface area contributed by atoms with E-state index in [9.17, 15) is 14.7 Å². The first-order chi connectivity index (χ1) is 13.4. The second-order valence-electron chi connectivity index (χ2n) is 7.78. The molecule has 7 heteroatoms. The second kappa shape index (κ2) is 5.76. The Bertz CT molecular complexity index is 999. The third-order valence-corrected chi connectivity index (χ3v) is 6.10. The first-order valence-electron chi connectivity index (χ1n) is 9.25. The molecule has 3 aliphatic rings. The van der Waals surface area contributed by atoms with E-state index >= 15 is 0 Å². The number of ketones is 1. The quantitative estimate of drug-likeness (QED) is 0.857. The van der Waals surface area contributed by atoms with Crippen LogP contribution in [0.4, 0.5) is 0 Å². The van der Waals surface area contributed by atoms with Crippen LogP contribution in [0.1, 0.15) is 30.6 Å². The van der Waals surface area contributed by atoms with Crippen molar-refractivity contribution in [3.63, 3.8) is 0 Å². The van der Waals surface area contributed by atoms with Crippen molar-refractivity contribution < 1.29 is 28.5 Å². The highest BCUT2D eigenvalue weighted by Crippen LogP contribution is 2.61. The molecule has 3 bridgehead atoms. The maximum absolute atomic E-state index is 12.9. The molecule has 0 amide bonds. The summed E-state index contributed by atoms with van der Waals surface area (Å²) in [6.07, 6.45) is 0.175. The number of methoxy groups -OCH3 is 1. The summed E-state index contributed by atoms with van der Waals surface area (Å²) in [7, 11) is 1.46. The van der Waals surface area contributed by atoms with Crippen LogP contribution in [0.5, 0.6) is 5.75 Å². The van der Waals surface area contributed by atoms with Crippen molar-refractivity contribution in [3.8, 4) is 5.75 Å². The normalized spacial score (nSPS) is 35.9. The van der Waals surface area contributed by atoms with Crippen LogP contribution in [0.15, 0.2) is 51.7 Å². The molecular weight excluding hydrogens is 364 g/mol. The number of ether oxygens (including phenoxy) is 3. The molecule has 2 saturated heterocycles. The first-order valence-corrected chi connectivity index (χ1v) is 9.25. The van der Waals surface area contributed by atoms with Gasteiger partial charge in [-0.05, 0) is 0 Å². The molecule has 4 atom stereocenters. The van der Waals surface area contributed by atoms with Gasteiger partial charge in [0.2, 0.25) is 0 Å². The van der Waals surface area contributed by atoms with Gasteiger partial charge in [0, 0.05) is 37.3 Å². The number of fused-ring (bicyclic) bond motifs is 2. The van der Waals surface area contributed by atoms with E-state index in [4.69, 9.17) is 18.6 Å². The summed E-state index contributed by atoms with van der Waals surface area (Å²) in [6, 6.07) is 12.1. The monoisotopic (exact) mass is 384 g/mol. The minimum Gasteiger partial charge on any atom is -0.496 e. The summed E-state index contributed by atoms with van der Waals surface area (Å²) in [5.74, 6) is -0.860. The zero-order valence-electron chi connectivity index (χ0n) is 15.3. The summed E-state index contributed by atoms with van der Waals surface area (Å²) in [6.45, 7) is 0. The van der Waals surface area contributed by atoms with Crippen LogP contribution in [0.3, 0.4) is 0 Å². The zero-order chi connectivity index (χ0) is 19.6. The Balaban J connectivity index is 1.62. The number of carbonyl (C=O) groups excluding carboxylic acids is 1. The summed E-state index contributed by atoms with van der Waals surface area (Å²) in [5.41, 5.74) is -2.77. The number of rotatable bonds is 4. The molecule has 0 unspecified atom stereocenters. The van der Waals surface area contributed by atoms with Gasteiger partial charge in [0.05, 0.1) is 19.3 Å². The topological polar surface area (TPSA) is 95.2 Å². The van der Waals surface area contributed by atoms with E-state index in [1.807, 2.05) is 30.3 Å². The van der Waals surface area contributed by atoms with Crippen molar-refractivity contribution in [1.82, 2.24) is 0 Å². The standard InChI is InChI=1S/C21H20O7/c1-25-14-7-15(26-18(23)9-14)10-19-11-16-8-17(22)20(19,24)12-21(27-16,28-19)13-5-3-2-4-6-13/h2-7,9,16,24H,8,10-12H2,1H3/t16-,19-,20-,21-/m0/s1. The van der Waals surface area contributed by atoms with Crippen LogP contribution >= 0.6 is 0 Å². The molecule has 1 aliphatic carbocycles. The van der Waals surface area contributed by atoms with Crippen LogP contribution in [-0.2, 0) is 26.5 Å². The highest BCUT2D eigenvalue weighted by molar-refractivity contribution is 5.91. The SMILES string of the molecule is COc1cc(C[C@]23C[C@@H]4CC(=O)[C@@]2(O)C[C@](c2ccccc2)(O4)O3)oc(=O)c1. The summed E-state index contributed by atoms with van der Waals surface area (Å²) in [5, 5.41) is 11.5. The molecule has 1 saturated carbocycles. The lowest BCUT2D eigenvalue weighted by atomic mass is 9.68. The Kier molecular flexibility index (Phi) is 3.62. The summed E-state index contributed by atoms with van der Waals surface area (Å²) >= 11 is 0. The van der Waals surface area contributed by atoms with Gasteiger partial charge in [-0.3, -0.25) is 4.79 Å². The maximum Gasteiger partial charge on any atom is 0.339 e. The molecule has 1 aromatic heterocycles. The van der Waals surface area contributed by atoms with Gasteiger partial charge in [-0.15, -0.1) is 0 Å². The van der Waals surface area contributed by atoms with Crippen molar-refractivity contribution in [2.75, 3.05) is 7.11 Å². The largest absolute Gasteiger partial charge is 0.496 e. The molecular formula is C21H20O7. The molecule has 0 radical (unpaired) electrons. The maximum atomic E-state index is 12.9. The average molecular weight is 384 g/mol. The fraction of sp³-hybridized carbons (Fsp3) is 0.429. The van der Waals surface area contributed by atoms with Gasteiger partial charge in [0.1, 0.15) is 17.1 Å². The van der Waals surface area contributed by atoms with Crippen molar-refractivity contribution in [2.45, 2.75) is 48.8 Å². The van der Waals surface area contributed by atoms with Crippen molar-refractivity contribution in [3.05, 3.63) is 64.2 Å². The number of hydrogen-bond acceptors (Lipinski definition) is 7. The number of Topliss-reactive ketones (excluding diaryl/α,β-unsaturated/α-hetero) is 1. The molecule has 0 spiro atoms. The van der Waals surface area contributed by atoms with E-state index in [-0.39, 0.29) is 31.1 Å². The Morgan fingerprint density at radius 3 is 2.75 bits per heavy atom. The van der Waals surface area contributed by atoms with Gasteiger partial charge >= 0.3 is 5.63 Å². The molecule has 1 N–H and O–H groups in total. The third-order valence-electron chi connectivity index (χ3n) is 6.10. The van der Waals surface area contributed by atoms with Crippen LogP contribution in [0.2, 0.25) is 0 Å². The molecule has 7 nitrogen and oxygen atoms in total. The Hall–Kier alpha value is -2.48. The molecule has 3 fully saturated rings. The van der Waals surface area contributed by atoms with Crippen LogP contribution in [-0.4, -0.2) is 35.3 Å². The van der Waals surface area contributed by atoms with E-state index < -0.39 is 22.6 Å². The minimum atomic E-state index is -1.72. The molecule has 146 valence electrons. The average Bonchev–Trinajstić information content (AvgIpc) is 2.80.